The second kappa shape index (κ2) is 7.00. The average molecular weight is 361 g/mol. The lowest BCUT2D eigenvalue weighted by molar-refractivity contribution is 0.0980. The predicted molar refractivity (Wildman–Crippen MR) is 94.9 cm³/mol. The van der Waals surface area contributed by atoms with Crippen LogP contribution in [0.4, 0.5) is 0 Å². The molecule has 0 spiro atoms. The first-order valence-electron chi connectivity index (χ1n) is 8.54. The molecule has 0 atom stereocenters. The van der Waals surface area contributed by atoms with E-state index in [0.717, 1.165) is 12.8 Å². The summed E-state index contributed by atoms with van der Waals surface area (Å²) in [6.45, 7) is 1.72. The molecule has 1 aromatic carbocycles. The molecule has 0 aliphatic heterocycles. The molecule has 1 heterocycles. The van der Waals surface area contributed by atoms with Crippen LogP contribution < -0.4 is 4.72 Å². The average Bonchev–Trinajstić information content (AvgIpc) is 2.95. The van der Waals surface area contributed by atoms with Gasteiger partial charge in [-0.25, -0.2) is 13.1 Å². The van der Waals surface area contributed by atoms with E-state index < -0.39 is 15.9 Å². The number of nitrogens with zero attached hydrogens (tertiary/aromatic N) is 2. The zero-order valence-corrected chi connectivity index (χ0v) is 15.3. The molecule has 6 nitrogen and oxygen atoms in total. The van der Waals surface area contributed by atoms with Gasteiger partial charge < -0.3 is 0 Å². The van der Waals surface area contributed by atoms with Crippen molar-refractivity contribution in [1.29, 1.82) is 0 Å². The maximum atomic E-state index is 12.5. The number of nitrogens with one attached hydrogen (secondary N) is 1. The van der Waals surface area contributed by atoms with Crippen molar-refractivity contribution in [2.24, 2.45) is 7.05 Å². The van der Waals surface area contributed by atoms with Gasteiger partial charge >= 0.3 is 0 Å². The van der Waals surface area contributed by atoms with E-state index in [0.29, 0.717) is 11.6 Å². The molecule has 1 saturated carbocycles. The van der Waals surface area contributed by atoms with Crippen LogP contribution >= 0.6 is 0 Å². The molecule has 134 valence electrons. The summed E-state index contributed by atoms with van der Waals surface area (Å²) >= 11 is 0. The first-order chi connectivity index (χ1) is 11.9. The third-order valence-corrected chi connectivity index (χ3v) is 6.32. The molecule has 0 saturated heterocycles. The van der Waals surface area contributed by atoms with Crippen LogP contribution in [-0.4, -0.2) is 24.1 Å². The summed E-state index contributed by atoms with van der Waals surface area (Å²) in [7, 11) is -2.20. The van der Waals surface area contributed by atoms with Crippen LogP contribution in [0.3, 0.4) is 0 Å². The number of amides is 1. The van der Waals surface area contributed by atoms with Gasteiger partial charge in [-0.15, -0.1) is 0 Å². The lowest BCUT2D eigenvalue weighted by Gasteiger charge is -2.22. The summed E-state index contributed by atoms with van der Waals surface area (Å²) in [5.74, 6) is -0.153. The second-order valence-corrected chi connectivity index (χ2v) is 8.29. The molecular weight excluding hydrogens is 338 g/mol. The molecule has 2 aromatic rings. The maximum absolute atomic E-state index is 12.5. The molecule has 3 rings (SSSR count). The van der Waals surface area contributed by atoms with Crippen molar-refractivity contribution in [3.05, 3.63) is 47.3 Å². The fourth-order valence-electron chi connectivity index (χ4n) is 3.31. The summed E-state index contributed by atoms with van der Waals surface area (Å²) < 4.78 is 28.6. The minimum Gasteiger partial charge on any atom is -0.272 e. The van der Waals surface area contributed by atoms with Crippen LogP contribution in [0.2, 0.25) is 0 Å². The minimum absolute atomic E-state index is 0.0990. The number of carbonyl (C=O) groups is 1. The number of hydrogen-bond donors (Lipinski definition) is 1. The molecule has 1 amide bonds. The van der Waals surface area contributed by atoms with Crippen LogP contribution in [-0.2, 0) is 17.1 Å². The van der Waals surface area contributed by atoms with E-state index in [1.807, 2.05) is 12.1 Å². The Labute approximate surface area is 148 Å². The molecule has 1 aromatic heterocycles. The molecule has 1 N–H and O–H groups in total. The Hall–Kier alpha value is -2.15. The van der Waals surface area contributed by atoms with E-state index in [2.05, 4.69) is 9.82 Å². The van der Waals surface area contributed by atoms with Crippen molar-refractivity contribution in [1.82, 2.24) is 14.5 Å². The Morgan fingerprint density at radius 3 is 2.36 bits per heavy atom. The summed E-state index contributed by atoms with van der Waals surface area (Å²) in [6, 6.07) is 6.89. The lowest BCUT2D eigenvalue weighted by atomic mass is 9.84. The highest BCUT2D eigenvalue weighted by molar-refractivity contribution is 7.90. The zero-order chi connectivity index (χ0) is 18.0. The first kappa shape index (κ1) is 17.7. The Balaban J connectivity index is 1.75. The number of hydrogen-bond acceptors (Lipinski definition) is 4. The van der Waals surface area contributed by atoms with Crippen molar-refractivity contribution in [3.63, 3.8) is 0 Å². The van der Waals surface area contributed by atoms with Gasteiger partial charge in [0.1, 0.15) is 0 Å². The van der Waals surface area contributed by atoms with Gasteiger partial charge in [0.25, 0.3) is 15.9 Å². The number of carbonyl (C=O) groups excluding carboxylic acids is 1. The molecule has 25 heavy (non-hydrogen) atoms. The third kappa shape index (κ3) is 3.76. The molecule has 1 fully saturated rings. The van der Waals surface area contributed by atoms with Crippen LogP contribution in [0.1, 0.15) is 59.6 Å². The van der Waals surface area contributed by atoms with E-state index >= 15 is 0 Å². The molecule has 1 aliphatic carbocycles. The summed E-state index contributed by atoms with van der Waals surface area (Å²) in [4.78, 5) is 12.3. The number of benzene rings is 1. The van der Waals surface area contributed by atoms with Crippen molar-refractivity contribution in [3.8, 4) is 0 Å². The smallest absolute Gasteiger partial charge is 0.268 e. The Bertz CT molecular complexity index is 863. The molecule has 1 aliphatic rings. The fraction of sp³-hybridized carbons (Fsp3) is 0.444. The van der Waals surface area contributed by atoms with Gasteiger partial charge in [-0.2, -0.15) is 5.10 Å². The third-order valence-electron chi connectivity index (χ3n) is 4.97. The van der Waals surface area contributed by atoms with Gasteiger partial charge in [-0.05, 0) is 43.4 Å². The lowest BCUT2D eigenvalue weighted by Crippen LogP contribution is -2.30. The van der Waals surface area contributed by atoms with Crippen LogP contribution in [0.5, 0.6) is 0 Å². The van der Waals surface area contributed by atoms with Crippen molar-refractivity contribution >= 4 is 15.9 Å². The Morgan fingerprint density at radius 2 is 1.80 bits per heavy atom. The standard InChI is InChI=1S/C18H23N3O3S/c1-13-17(12-19-21(13)2)18(22)20-25(23,24)16-10-8-15(9-11-16)14-6-4-3-5-7-14/h8-12,14H,3-7H2,1-2H3,(H,20,22). The topological polar surface area (TPSA) is 81.1 Å². The van der Waals surface area contributed by atoms with Crippen molar-refractivity contribution < 1.29 is 13.2 Å². The summed E-state index contributed by atoms with van der Waals surface area (Å²) in [6.07, 6.45) is 7.41. The maximum Gasteiger partial charge on any atom is 0.268 e. The molecule has 0 bridgehead atoms. The van der Waals surface area contributed by atoms with Crippen LogP contribution in [0.25, 0.3) is 0 Å². The van der Waals surface area contributed by atoms with E-state index in [4.69, 9.17) is 0 Å². The Kier molecular flexibility index (Phi) is 4.94. The largest absolute Gasteiger partial charge is 0.272 e. The fourth-order valence-corrected chi connectivity index (χ4v) is 4.28. The second-order valence-electron chi connectivity index (χ2n) is 6.61. The van der Waals surface area contributed by atoms with Crippen LogP contribution in [0.15, 0.2) is 35.4 Å². The van der Waals surface area contributed by atoms with Crippen LogP contribution in [0, 0.1) is 6.92 Å². The molecule has 0 radical (unpaired) electrons. The highest BCUT2D eigenvalue weighted by Crippen LogP contribution is 2.32. The molecule has 0 unspecified atom stereocenters. The van der Waals surface area contributed by atoms with E-state index in [1.54, 1.807) is 26.1 Å². The predicted octanol–water partition coefficient (Wildman–Crippen LogP) is 2.89. The van der Waals surface area contributed by atoms with Gasteiger partial charge in [-0.1, -0.05) is 31.4 Å². The van der Waals surface area contributed by atoms with E-state index in [9.17, 15) is 13.2 Å². The zero-order valence-electron chi connectivity index (χ0n) is 14.5. The minimum atomic E-state index is -3.90. The normalized spacial score (nSPS) is 15.9. The van der Waals surface area contributed by atoms with Gasteiger partial charge in [0.05, 0.1) is 16.7 Å². The van der Waals surface area contributed by atoms with Crippen molar-refractivity contribution in [2.75, 3.05) is 0 Å². The SMILES string of the molecule is Cc1c(C(=O)NS(=O)(=O)c2ccc(C3CCCCC3)cc2)cnn1C. The highest BCUT2D eigenvalue weighted by Gasteiger charge is 2.22. The number of sulfonamides is 1. The summed E-state index contributed by atoms with van der Waals surface area (Å²) in [5.41, 5.74) is 2.04. The van der Waals surface area contributed by atoms with Gasteiger partial charge in [-0.3, -0.25) is 9.48 Å². The Morgan fingerprint density at radius 1 is 1.16 bits per heavy atom. The van der Waals surface area contributed by atoms with Gasteiger partial charge in [0.15, 0.2) is 0 Å². The molecular formula is C18H23N3O3S. The number of rotatable bonds is 4. The number of aryl methyl sites for hydroxylation is 1. The highest BCUT2D eigenvalue weighted by atomic mass is 32.2. The monoisotopic (exact) mass is 361 g/mol. The van der Waals surface area contributed by atoms with Crippen molar-refractivity contribution in [2.45, 2.75) is 49.8 Å². The summed E-state index contributed by atoms with van der Waals surface area (Å²) in [5, 5.41) is 3.96. The van der Waals surface area contributed by atoms with E-state index in [1.165, 1.54) is 35.7 Å². The number of aromatic nitrogens is 2. The van der Waals surface area contributed by atoms with Gasteiger partial charge in [0.2, 0.25) is 0 Å². The van der Waals surface area contributed by atoms with Gasteiger partial charge in [0, 0.05) is 12.7 Å². The molecule has 7 heteroatoms. The quantitative estimate of drug-likeness (QED) is 0.908. The first-order valence-corrected chi connectivity index (χ1v) is 10.0. The van der Waals surface area contributed by atoms with E-state index in [-0.39, 0.29) is 10.5 Å².